The highest BCUT2D eigenvalue weighted by atomic mass is 79.9. The summed E-state index contributed by atoms with van der Waals surface area (Å²) < 4.78 is 1.00. The van der Waals surface area contributed by atoms with Gasteiger partial charge in [0.25, 0.3) is 0 Å². The Kier molecular flexibility index (Phi) is 7.32. The van der Waals surface area contributed by atoms with Gasteiger partial charge in [0.15, 0.2) is 0 Å². The van der Waals surface area contributed by atoms with Crippen LogP contribution in [0.4, 0.5) is 0 Å². The van der Waals surface area contributed by atoms with Crippen LogP contribution in [0.2, 0.25) is 5.02 Å². The van der Waals surface area contributed by atoms with Crippen molar-refractivity contribution in [3.63, 3.8) is 0 Å². The number of hydrogen-bond acceptors (Lipinski definition) is 3. The molecule has 104 valence electrons. The van der Waals surface area contributed by atoms with Gasteiger partial charge in [0.1, 0.15) is 0 Å². The van der Waals surface area contributed by atoms with Crippen molar-refractivity contribution in [3.05, 3.63) is 49.3 Å². The summed E-state index contributed by atoms with van der Waals surface area (Å²) in [6, 6.07) is 5.94. The first-order chi connectivity index (χ1) is 8.69. The van der Waals surface area contributed by atoms with Crippen LogP contribution in [0.3, 0.4) is 0 Å². The highest BCUT2D eigenvalue weighted by Gasteiger charge is 2.02. The van der Waals surface area contributed by atoms with E-state index in [0.717, 1.165) is 40.3 Å². The Bertz CT molecular complexity index is 531. The normalized spacial score (nSPS) is 10.3. The van der Waals surface area contributed by atoms with Gasteiger partial charge in [-0.25, -0.2) is 4.98 Å². The average molecular weight is 382 g/mol. The van der Waals surface area contributed by atoms with E-state index in [4.69, 9.17) is 11.6 Å². The van der Waals surface area contributed by atoms with Crippen LogP contribution in [-0.2, 0) is 19.5 Å². The van der Waals surface area contributed by atoms with Crippen molar-refractivity contribution in [2.24, 2.45) is 0 Å². The Morgan fingerprint density at radius 3 is 2.79 bits per heavy atom. The maximum Gasteiger partial charge on any atom is 0.0926 e. The van der Waals surface area contributed by atoms with Gasteiger partial charge < -0.3 is 5.32 Å². The number of aryl methyl sites for hydroxylation is 1. The van der Waals surface area contributed by atoms with Crippen LogP contribution >= 0.6 is 51.3 Å². The van der Waals surface area contributed by atoms with Gasteiger partial charge in [0, 0.05) is 28.0 Å². The molecule has 1 aromatic heterocycles. The number of hydrogen-bond donors (Lipinski definition) is 1. The largest absolute Gasteiger partial charge is 0.307 e. The Morgan fingerprint density at radius 2 is 2.16 bits per heavy atom. The monoisotopic (exact) mass is 380 g/mol. The Labute approximate surface area is 137 Å². The predicted molar refractivity (Wildman–Crippen MR) is 88.4 cm³/mol. The summed E-state index contributed by atoms with van der Waals surface area (Å²) in [5, 5.41) is 7.44. The van der Waals surface area contributed by atoms with Crippen molar-refractivity contribution in [2.45, 2.75) is 26.4 Å². The van der Waals surface area contributed by atoms with Crippen molar-refractivity contribution in [1.29, 1.82) is 0 Å². The van der Waals surface area contributed by atoms with E-state index < -0.39 is 0 Å². The number of rotatable bonds is 5. The van der Waals surface area contributed by atoms with E-state index in [1.165, 1.54) is 5.01 Å². The van der Waals surface area contributed by atoms with Gasteiger partial charge in [-0.15, -0.1) is 23.7 Å². The van der Waals surface area contributed by atoms with Gasteiger partial charge in [0.2, 0.25) is 0 Å². The molecule has 0 unspecified atom stereocenters. The fourth-order valence-electron chi connectivity index (χ4n) is 1.58. The van der Waals surface area contributed by atoms with Gasteiger partial charge in [-0.05, 0) is 24.1 Å². The number of aromatic nitrogens is 1. The molecular formula is C13H15BrCl2N2S. The van der Waals surface area contributed by atoms with Crippen LogP contribution in [0.25, 0.3) is 0 Å². The number of nitrogens with one attached hydrogen (secondary N) is 1. The molecule has 2 rings (SSSR count). The van der Waals surface area contributed by atoms with E-state index in [9.17, 15) is 0 Å². The van der Waals surface area contributed by atoms with Gasteiger partial charge in [-0.1, -0.05) is 40.5 Å². The zero-order valence-corrected chi connectivity index (χ0v) is 14.4. The van der Waals surface area contributed by atoms with Crippen molar-refractivity contribution < 1.29 is 0 Å². The summed E-state index contributed by atoms with van der Waals surface area (Å²) in [5.41, 5.74) is 2.20. The van der Waals surface area contributed by atoms with Crippen LogP contribution in [-0.4, -0.2) is 4.98 Å². The molecule has 19 heavy (non-hydrogen) atoms. The smallest absolute Gasteiger partial charge is 0.0926 e. The molecule has 0 aliphatic heterocycles. The Hall–Kier alpha value is -0.130. The molecule has 0 bridgehead atoms. The highest BCUT2D eigenvalue weighted by Crippen LogP contribution is 2.21. The lowest BCUT2D eigenvalue weighted by Crippen LogP contribution is -2.13. The Balaban J connectivity index is 0.00000180. The lowest BCUT2D eigenvalue weighted by atomic mass is 10.2. The zero-order valence-electron chi connectivity index (χ0n) is 10.5. The molecule has 0 spiro atoms. The maximum absolute atomic E-state index is 6.15. The molecule has 0 aliphatic rings. The van der Waals surface area contributed by atoms with Gasteiger partial charge in [0.05, 0.1) is 10.7 Å². The number of nitrogens with zero attached hydrogens (tertiary/aromatic N) is 1. The highest BCUT2D eigenvalue weighted by molar-refractivity contribution is 9.10. The van der Waals surface area contributed by atoms with E-state index in [2.05, 4.69) is 38.5 Å². The van der Waals surface area contributed by atoms with Gasteiger partial charge in [-0.3, -0.25) is 0 Å². The standard InChI is InChI=1S/C13H14BrClN2S.ClH/c1-2-13-17-11(8-18-13)7-16-6-9-3-4-10(14)5-12(9)15;/h3-5,8,16H,2,6-7H2,1H3;1H. The van der Waals surface area contributed by atoms with E-state index in [0.29, 0.717) is 0 Å². The average Bonchev–Trinajstić information content (AvgIpc) is 2.80. The lowest BCUT2D eigenvalue weighted by molar-refractivity contribution is 0.681. The molecule has 0 aliphatic carbocycles. The first-order valence-electron chi connectivity index (χ1n) is 5.77. The molecule has 1 N–H and O–H groups in total. The molecule has 0 fully saturated rings. The summed E-state index contributed by atoms with van der Waals surface area (Å²) in [7, 11) is 0. The maximum atomic E-state index is 6.15. The minimum atomic E-state index is 0. The fourth-order valence-corrected chi connectivity index (χ4v) is 3.07. The molecule has 0 saturated carbocycles. The van der Waals surface area contributed by atoms with E-state index in [1.807, 2.05) is 18.2 Å². The van der Waals surface area contributed by atoms with Gasteiger partial charge >= 0.3 is 0 Å². The van der Waals surface area contributed by atoms with Crippen LogP contribution in [0, 0.1) is 0 Å². The van der Waals surface area contributed by atoms with Crippen molar-refractivity contribution in [3.8, 4) is 0 Å². The number of benzene rings is 1. The second-order valence-electron chi connectivity index (χ2n) is 3.93. The van der Waals surface area contributed by atoms with Crippen molar-refractivity contribution >= 4 is 51.3 Å². The molecule has 0 saturated heterocycles. The summed E-state index contributed by atoms with van der Waals surface area (Å²) in [6.07, 6.45) is 1.00. The van der Waals surface area contributed by atoms with E-state index in [1.54, 1.807) is 11.3 Å². The second-order valence-corrected chi connectivity index (χ2v) is 6.19. The summed E-state index contributed by atoms with van der Waals surface area (Å²) in [6.45, 7) is 3.66. The molecule has 6 heteroatoms. The van der Waals surface area contributed by atoms with E-state index in [-0.39, 0.29) is 12.4 Å². The lowest BCUT2D eigenvalue weighted by Gasteiger charge is -2.05. The summed E-state index contributed by atoms with van der Waals surface area (Å²) >= 11 is 11.3. The predicted octanol–water partition coefficient (Wildman–Crippen LogP) is 4.83. The van der Waals surface area contributed by atoms with Crippen LogP contribution < -0.4 is 5.32 Å². The minimum Gasteiger partial charge on any atom is -0.307 e. The molecule has 0 amide bonds. The SMILES string of the molecule is CCc1nc(CNCc2ccc(Br)cc2Cl)cs1.Cl. The fraction of sp³-hybridized carbons (Fsp3) is 0.308. The molecule has 2 aromatic rings. The topological polar surface area (TPSA) is 24.9 Å². The third kappa shape index (κ3) is 5.04. The second kappa shape index (κ2) is 8.22. The molecule has 2 nitrogen and oxygen atoms in total. The molecule has 1 heterocycles. The molecular weight excluding hydrogens is 367 g/mol. The van der Waals surface area contributed by atoms with Gasteiger partial charge in [-0.2, -0.15) is 0 Å². The van der Waals surface area contributed by atoms with Crippen LogP contribution in [0.5, 0.6) is 0 Å². The summed E-state index contributed by atoms with van der Waals surface area (Å²) in [4.78, 5) is 4.51. The molecule has 0 radical (unpaired) electrons. The zero-order chi connectivity index (χ0) is 13.0. The molecule has 0 atom stereocenters. The third-order valence-corrected chi connectivity index (χ3v) is 4.43. The summed E-state index contributed by atoms with van der Waals surface area (Å²) in [5.74, 6) is 0. The third-order valence-electron chi connectivity index (χ3n) is 2.54. The number of thiazole rings is 1. The number of halogens is 3. The Morgan fingerprint density at radius 1 is 1.37 bits per heavy atom. The first-order valence-corrected chi connectivity index (χ1v) is 7.82. The molecule has 1 aromatic carbocycles. The minimum absolute atomic E-state index is 0. The van der Waals surface area contributed by atoms with Crippen molar-refractivity contribution in [1.82, 2.24) is 10.3 Å². The first kappa shape index (κ1) is 16.9. The van der Waals surface area contributed by atoms with Crippen LogP contribution in [0.15, 0.2) is 28.1 Å². The van der Waals surface area contributed by atoms with E-state index >= 15 is 0 Å². The van der Waals surface area contributed by atoms with Crippen molar-refractivity contribution in [2.75, 3.05) is 0 Å². The van der Waals surface area contributed by atoms with Crippen LogP contribution in [0.1, 0.15) is 23.2 Å². The quantitative estimate of drug-likeness (QED) is 0.801.